The number of anilines is 1. The first-order chi connectivity index (χ1) is 13.0. The summed E-state index contributed by atoms with van der Waals surface area (Å²) in [6.07, 6.45) is 0.925. The standard InChI is InChI=1S/C19H23N3O4S/c1-12-11-27-19(20-12)21-18(24)14-9-17(23)22(10-14)7-6-13-4-5-15(25-2)16(8-13)26-3/h4-5,8,11,14H,6-7,9-10H2,1-3H3,(H,20,21,24)/t14-/m1/s1. The molecule has 2 heterocycles. The lowest BCUT2D eigenvalue weighted by Gasteiger charge is -2.17. The maximum Gasteiger partial charge on any atom is 0.231 e. The SMILES string of the molecule is COc1ccc(CCN2C[C@H](C(=O)Nc3nc(C)cs3)CC2=O)cc1OC. The molecule has 144 valence electrons. The van der Waals surface area contributed by atoms with E-state index in [9.17, 15) is 9.59 Å². The van der Waals surface area contributed by atoms with Gasteiger partial charge in [-0.3, -0.25) is 9.59 Å². The van der Waals surface area contributed by atoms with E-state index in [2.05, 4.69) is 10.3 Å². The van der Waals surface area contributed by atoms with E-state index in [1.165, 1.54) is 11.3 Å². The van der Waals surface area contributed by atoms with Crippen molar-refractivity contribution in [3.05, 3.63) is 34.8 Å². The van der Waals surface area contributed by atoms with Crippen LogP contribution in [0.4, 0.5) is 5.13 Å². The molecule has 0 radical (unpaired) electrons. The van der Waals surface area contributed by atoms with E-state index < -0.39 is 0 Å². The summed E-state index contributed by atoms with van der Waals surface area (Å²) in [6, 6.07) is 5.72. The Morgan fingerprint density at radius 1 is 1.33 bits per heavy atom. The molecule has 0 saturated carbocycles. The van der Waals surface area contributed by atoms with Crippen LogP contribution < -0.4 is 14.8 Å². The van der Waals surface area contributed by atoms with Crippen molar-refractivity contribution in [3.63, 3.8) is 0 Å². The molecule has 0 aliphatic carbocycles. The molecule has 1 aromatic carbocycles. The van der Waals surface area contributed by atoms with Crippen LogP contribution in [0.5, 0.6) is 11.5 Å². The van der Waals surface area contributed by atoms with Crippen LogP contribution in [0.15, 0.2) is 23.6 Å². The first-order valence-electron chi connectivity index (χ1n) is 8.72. The van der Waals surface area contributed by atoms with Gasteiger partial charge in [-0.15, -0.1) is 11.3 Å². The lowest BCUT2D eigenvalue weighted by Crippen LogP contribution is -2.30. The van der Waals surface area contributed by atoms with Crippen molar-refractivity contribution in [2.24, 2.45) is 5.92 Å². The number of rotatable bonds is 7. The van der Waals surface area contributed by atoms with Crippen LogP contribution in [0.1, 0.15) is 17.7 Å². The Morgan fingerprint density at radius 2 is 2.11 bits per heavy atom. The van der Waals surface area contributed by atoms with Crippen molar-refractivity contribution >= 4 is 28.3 Å². The normalized spacial score (nSPS) is 16.5. The Bertz CT molecular complexity index is 836. The molecule has 1 saturated heterocycles. The second kappa shape index (κ2) is 8.39. The summed E-state index contributed by atoms with van der Waals surface area (Å²) in [5, 5.41) is 5.26. The molecule has 1 aliphatic heterocycles. The van der Waals surface area contributed by atoms with E-state index in [-0.39, 0.29) is 24.2 Å². The van der Waals surface area contributed by atoms with Gasteiger partial charge in [-0.05, 0) is 31.0 Å². The van der Waals surface area contributed by atoms with Gasteiger partial charge in [0.2, 0.25) is 11.8 Å². The molecule has 7 nitrogen and oxygen atoms in total. The highest BCUT2D eigenvalue weighted by atomic mass is 32.1. The van der Waals surface area contributed by atoms with Crippen LogP contribution in [0.3, 0.4) is 0 Å². The Hall–Kier alpha value is -2.61. The third-order valence-corrected chi connectivity index (χ3v) is 5.43. The number of likely N-dealkylation sites (tertiary alicyclic amines) is 1. The summed E-state index contributed by atoms with van der Waals surface area (Å²) in [4.78, 5) is 30.6. The summed E-state index contributed by atoms with van der Waals surface area (Å²) >= 11 is 1.39. The highest BCUT2D eigenvalue weighted by Gasteiger charge is 2.34. The Kier molecular flexibility index (Phi) is 5.95. The fourth-order valence-electron chi connectivity index (χ4n) is 3.08. The number of aryl methyl sites for hydroxylation is 1. The monoisotopic (exact) mass is 389 g/mol. The van der Waals surface area contributed by atoms with E-state index in [1.54, 1.807) is 19.1 Å². The van der Waals surface area contributed by atoms with Crippen LogP contribution in [0.2, 0.25) is 0 Å². The third kappa shape index (κ3) is 4.57. The fourth-order valence-corrected chi connectivity index (χ4v) is 3.77. The van der Waals surface area contributed by atoms with Crippen molar-refractivity contribution in [3.8, 4) is 11.5 Å². The van der Waals surface area contributed by atoms with Gasteiger partial charge < -0.3 is 19.7 Å². The van der Waals surface area contributed by atoms with Gasteiger partial charge in [0.25, 0.3) is 0 Å². The molecule has 1 fully saturated rings. The number of carbonyl (C=O) groups is 2. The molecule has 1 aromatic heterocycles. The Balaban J connectivity index is 1.55. The zero-order valence-corrected chi connectivity index (χ0v) is 16.5. The van der Waals surface area contributed by atoms with E-state index in [0.717, 1.165) is 11.3 Å². The minimum Gasteiger partial charge on any atom is -0.493 e. The highest BCUT2D eigenvalue weighted by Crippen LogP contribution is 2.28. The smallest absolute Gasteiger partial charge is 0.231 e. The molecule has 1 N–H and O–H groups in total. The predicted octanol–water partition coefficient (Wildman–Crippen LogP) is 2.50. The average molecular weight is 389 g/mol. The number of methoxy groups -OCH3 is 2. The van der Waals surface area contributed by atoms with Crippen molar-refractivity contribution < 1.29 is 19.1 Å². The van der Waals surface area contributed by atoms with Gasteiger partial charge in [0, 0.05) is 24.9 Å². The van der Waals surface area contributed by atoms with Gasteiger partial charge in [0.15, 0.2) is 16.6 Å². The number of amides is 2. The molecule has 0 bridgehead atoms. The molecule has 3 rings (SSSR count). The summed E-state index contributed by atoms with van der Waals surface area (Å²) in [6.45, 7) is 2.87. The summed E-state index contributed by atoms with van der Waals surface area (Å²) < 4.78 is 10.6. The average Bonchev–Trinajstić information content (AvgIpc) is 3.24. The molecule has 0 unspecified atom stereocenters. The van der Waals surface area contributed by atoms with E-state index >= 15 is 0 Å². The largest absolute Gasteiger partial charge is 0.493 e. The van der Waals surface area contributed by atoms with Crippen LogP contribution >= 0.6 is 11.3 Å². The maximum atomic E-state index is 12.4. The van der Waals surface area contributed by atoms with Crippen LogP contribution in [-0.2, 0) is 16.0 Å². The second-order valence-electron chi connectivity index (χ2n) is 6.46. The second-order valence-corrected chi connectivity index (χ2v) is 7.32. The van der Waals surface area contributed by atoms with Gasteiger partial charge in [-0.2, -0.15) is 0 Å². The van der Waals surface area contributed by atoms with E-state index in [4.69, 9.17) is 9.47 Å². The zero-order valence-electron chi connectivity index (χ0n) is 15.7. The lowest BCUT2D eigenvalue weighted by molar-refractivity contribution is -0.128. The summed E-state index contributed by atoms with van der Waals surface area (Å²) in [5.74, 6) is 0.857. The predicted molar refractivity (Wildman–Crippen MR) is 103 cm³/mol. The molecular weight excluding hydrogens is 366 g/mol. The Morgan fingerprint density at radius 3 is 2.78 bits per heavy atom. The molecule has 0 spiro atoms. The van der Waals surface area contributed by atoms with Crippen molar-refractivity contribution in [2.75, 3.05) is 32.6 Å². The lowest BCUT2D eigenvalue weighted by atomic mass is 10.1. The van der Waals surface area contributed by atoms with Crippen LogP contribution in [0, 0.1) is 12.8 Å². The number of ether oxygens (including phenoxy) is 2. The topological polar surface area (TPSA) is 80.8 Å². The van der Waals surface area contributed by atoms with Gasteiger partial charge in [-0.25, -0.2) is 4.98 Å². The molecule has 2 amide bonds. The fraction of sp³-hybridized carbons (Fsp3) is 0.421. The summed E-state index contributed by atoms with van der Waals surface area (Å²) in [7, 11) is 3.19. The molecule has 8 heteroatoms. The highest BCUT2D eigenvalue weighted by molar-refractivity contribution is 7.13. The Labute approximate surface area is 162 Å². The minimum absolute atomic E-state index is 0.00551. The number of carbonyl (C=O) groups excluding carboxylic acids is 2. The first-order valence-corrected chi connectivity index (χ1v) is 9.59. The number of nitrogens with one attached hydrogen (secondary N) is 1. The van der Waals surface area contributed by atoms with Gasteiger partial charge in [0.05, 0.1) is 25.8 Å². The maximum absolute atomic E-state index is 12.4. The zero-order chi connectivity index (χ0) is 19.4. The van der Waals surface area contributed by atoms with Gasteiger partial charge in [-0.1, -0.05) is 6.07 Å². The van der Waals surface area contributed by atoms with Crippen LogP contribution in [-0.4, -0.2) is 49.0 Å². The van der Waals surface area contributed by atoms with Gasteiger partial charge in [0.1, 0.15) is 0 Å². The number of hydrogen-bond donors (Lipinski definition) is 1. The number of benzene rings is 1. The number of nitrogens with zero attached hydrogens (tertiary/aromatic N) is 2. The van der Waals surface area contributed by atoms with E-state index in [0.29, 0.717) is 36.1 Å². The number of aromatic nitrogens is 1. The quantitative estimate of drug-likeness (QED) is 0.787. The van der Waals surface area contributed by atoms with Crippen molar-refractivity contribution in [2.45, 2.75) is 19.8 Å². The first kappa shape index (κ1) is 19.2. The van der Waals surface area contributed by atoms with Crippen LogP contribution in [0.25, 0.3) is 0 Å². The van der Waals surface area contributed by atoms with Gasteiger partial charge >= 0.3 is 0 Å². The molecule has 2 aromatic rings. The number of thiazole rings is 1. The number of hydrogen-bond acceptors (Lipinski definition) is 6. The molecule has 27 heavy (non-hydrogen) atoms. The molecular formula is C19H23N3O4S. The molecule has 1 aliphatic rings. The minimum atomic E-state index is -0.341. The van der Waals surface area contributed by atoms with E-state index in [1.807, 2.05) is 30.5 Å². The van der Waals surface area contributed by atoms with Crippen molar-refractivity contribution in [1.82, 2.24) is 9.88 Å². The molecule has 1 atom stereocenters. The summed E-state index contributed by atoms with van der Waals surface area (Å²) in [5.41, 5.74) is 1.92. The third-order valence-electron chi connectivity index (χ3n) is 4.55. The van der Waals surface area contributed by atoms with Crippen molar-refractivity contribution in [1.29, 1.82) is 0 Å².